The van der Waals surface area contributed by atoms with Gasteiger partial charge >= 0.3 is 0 Å². The topological polar surface area (TPSA) is 64.5 Å². The number of ether oxygens (including phenoxy) is 1. The lowest BCUT2D eigenvalue weighted by atomic mass is 10.1. The molecule has 0 saturated heterocycles. The van der Waals surface area contributed by atoms with E-state index in [-0.39, 0.29) is 6.04 Å². The van der Waals surface area contributed by atoms with Crippen molar-refractivity contribution in [3.63, 3.8) is 0 Å². The van der Waals surface area contributed by atoms with Gasteiger partial charge in [0.25, 0.3) is 6.01 Å². The van der Waals surface area contributed by atoms with Crippen LogP contribution >= 0.6 is 0 Å². The molecule has 0 saturated carbocycles. The molecule has 0 bridgehead atoms. The van der Waals surface area contributed by atoms with Crippen molar-refractivity contribution in [3.8, 4) is 5.75 Å². The van der Waals surface area contributed by atoms with E-state index in [1.54, 1.807) is 13.4 Å². The van der Waals surface area contributed by atoms with Crippen LogP contribution in [0.15, 0.2) is 34.9 Å². The van der Waals surface area contributed by atoms with Crippen molar-refractivity contribution in [2.45, 2.75) is 25.9 Å². The predicted molar refractivity (Wildman–Crippen MR) is 79.0 cm³/mol. The summed E-state index contributed by atoms with van der Waals surface area (Å²) in [6, 6.07) is 8.85. The largest absolute Gasteiger partial charge is 0.496 e. The van der Waals surface area contributed by atoms with E-state index in [1.165, 1.54) is 5.56 Å². The Kier molecular flexibility index (Phi) is 4.63. The van der Waals surface area contributed by atoms with Crippen LogP contribution in [0.2, 0.25) is 0 Å². The van der Waals surface area contributed by atoms with Gasteiger partial charge in [0, 0.05) is 19.6 Å². The second kappa shape index (κ2) is 6.43. The Morgan fingerprint density at radius 3 is 2.80 bits per heavy atom. The van der Waals surface area contributed by atoms with Crippen LogP contribution in [0.25, 0.3) is 0 Å². The third kappa shape index (κ3) is 3.11. The Morgan fingerprint density at radius 2 is 2.15 bits per heavy atom. The number of methoxy groups -OCH3 is 1. The summed E-state index contributed by atoms with van der Waals surface area (Å²) in [6.07, 6.45) is 2.45. The molecule has 108 valence electrons. The van der Waals surface area contributed by atoms with Gasteiger partial charge in [-0.3, -0.25) is 0 Å². The van der Waals surface area contributed by atoms with Crippen LogP contribution in [0.3, 0.4) is 0 Å². The van der Waals surface area contributed by atoms with E-state index in [0.717, 1.165) is 17.9 Å². The first-order valence-corrected chi connectivity index (χ1v) is 6.65. The summed E-state index contributed by atoms with van der Waals surface area (Å²) in [6.45, 7) is 2.51. The third-order valence-corrected chi connectivity index (χ3v) is 3.42. The van der Waals surface area contributed by atoms with E-state index in [4.69, 9.17) is 14.9 Å². The van der Waals surface area contributed by atoms with Gasteiger partial charge in [0.2, 0.25) is 0 Å². The number of anilines is 1. The third-order valence-electron chi connectivity index (χ3n) is 3.42. The lowest BCUT2D eigenvalue weighted by Gasteiger charge is -2.23. The molecule has 1 heterocycles. The lowest BCUT2D eigenvalue weighted by Crippen LogP contribution is -2.31. The summed E-state index contributed by atoms with van der Waals surface area (Å²) < 4.78 is 10.8. The number of para-hydroxylation sites is 1. The van der Waals surface area contributed by atoms with Crippen LogP contribution in [-0.4, -0.2) is 25.2 Å². The molecule has 0 fully saturated rings. The van der Waals surface area contributed by atoms with E-state index in [1.807, 2.05) is 30.1 Å². The number of hydrogen-bond acceptors (Lipinski definition) is 5. The second-order valence-electron chi connectivity index (χ2n) is 4.80. The fourth-order valence-corrected chi connectivity index (χ4v) is 2.07. The van der Waals surface area contributed by atoms with Gasteiger partial charge in [-0.15, -0.1) is 0 Å². The predicted octanol–water partition coefficient (Wildman–Crippen LogP) is 2.21. The van der Waals surface area contributed by atoms with E-state index in [9.17, 15) is 0 Å². The first-order chi connectivity index (χ1) is 9.65. The molecular weight excluding hydrogens is 254 g/mol. The first kappa shape index (κ1) is 14.4. The molecule has 0 spiro atoms. The maximum absolute atomic E-state index is 5.54. The SMILES string of the molecule is COc1ccccc1CC(C)N(C)c1nc(CN)co1. The number of rotatable bonds is 6. The Morgan fingerprint density at radius 1 is 1.40 bits per heavy atom. The molecule has 0 amide bonds. The van der Waals surface area contributed by atoms with Crippen LogP contribution in [0.4, 0.5) is 6.01 Å². The average Bonchev–Trinajstić information content (AvgIpc) is 2.95. The number of nitrogens with two attached hydrogens (primary N) is 1. The summed E-state index contributed by atoms with van der Waals surface area (Å²) in [4.78, 5) is 6.34. The van der Waals surface area contributed by atoms with E-state index < -0.39 is 0 Å². The van der Waals surface area contributed by atoms with E-state index in [0.29, 0.717) is 12.6 Å². The number of hydrogen-bond donors (Lipinski definition) is 1. The number of nitrogens with zero attached hydrogens (tertiary/aromatic N) is 2. The van der Waals surface area contributed by atoms with Gasteiger partial charge in [-0.25, -0.2) is 0 Å². The second-order valence-corrected chi connectivity index (χ2v) is 4.80. The molecule has 2 rings (SSSR count). The zero-order valence-corrected chi connectivity index (χ0v) is 12.2. The van der Waals surface area contributed by atoms with Crippen LogP contribution < -0.4 is 15.4 Å². The van der Waals surface area contributed by atoms with Crippen molar-refractivity contribution in [1.29, 1.82) is 0 Å². The molecule has 1 aromatic carbocycles. The molecule has 2 aromatic rings. The highest BCUT2D eigenvalue weighted by Crippen LogP contribution is 2.22. The van der Waals surface area contributed by atoms with Gasteiger partial charge in [0.15, 0.2) is 0 Å². The summed E-state index contributed by atoms with van der Waals surface area (Å²) in [5.41, 5.74) is 7.47. The molecule has 0 radical (unpaired) electrons. The smallest absolute Gasteiger partial charge is 0.297 e. The van der Waals surface area contributed by atoms with Crippen LogP contribution in [0.1, 0.15) is 18.2 Å². The first-order valence-electron chi connectivity index (χ1n) is 6.65. The summed E-state index contributed by atoms with van der Waals surface area (Å²) >= 11 is 0. The molecule has 5 nitrogen and oxygen atoms in total. The molecule has 2 N–H and O–H groups in total. The van der Waals surface area contributed by atoms with Gasteiger partial charge < -0.3 is 19.8 Å². The maximum Gasteiger partial charge on any atom is 0.297 e. The molecule has 0 aliphatic carbocycles. The molecule has 0 aliphatic heterocycles. The quantitative estimate of drug-likeness (QED) is 0.875. The molecule has 1 aromatic heterocycles. The van der Waals surface area contributed by atoms with Crippen molar-refractivity contribution in [3.05, 3.63) is 41.8 Å². The number of likely N-dealkylation sites (N-methyl/N-ethyl adjacent to an activating group) is 1. The maximum atomic E-state index is 5.54. The lowest BCUT2D eigenvalue weighted by molar-refractivity contribution is 0.407. The highest BCUT2D eigenvalue weighted by molar-refractivity contribution is 5.36. The fourth-order valence-electron chi connectivity index (χ4n) is 2.07. The van der Waals surface area contributed by atoms with Crippen LogP contribution in [-0.2, 0) is 13.0 Å². The minimum atomic E-state index is 0.232. The Balaban J connectivity index is 2.09. The number of benzene rings is 1. The zero-order valence-electron chi connectivity index (χ0n) is 12.2. The summed E-state index contributed by atoms with van der Waals surface area (Å²) in [5, 5.41) is 0. The van der Waals surface area contributed by atoms with Gasteiger partial charge in [-0.2, -0.15) is 4.98 Å². The van der Waals surface area contributed by atoms with Gasteiger partial charge in [-0.05, 0) is 25.0 Å². The monoisotopic (exact) mass is 275 g/mol. The highest BCUT2D eigenvalue weighted by atomic mass is 16.5. The molecule has 1 unspecified atom stereocenters. The summed E-state index contributed by atoms with van der Waals surface area (Å²) in [7, 11) is 3.65. The zero-order chi connectivity index (χ0) is 14.5. The van der Waals surface area contributed by atoms with Crippen molar-refractivity contribution in [1.82, 2.24) is 4.98 Å². The molecular formula is C15H21N3O2. The van der Waals surface area contributed by atoms with Crippen molar-refractivity contribution in [2.24, 2.45) is 5.73 Å². The average molecular weight is 275 g/mol. The van der Waals surface area contributed by atoms with Crippen LogP contribution in [0, 0.1) is 0 Å². The fraction of sp³-hybridized carbons (Fsp3) is 0.400. The van der Waals surface area contributed by atoms with E-state index in [2.05, 4.69) is 18.0 Å². The number of oxazole rings is 1. The molecule has 20 heavy (non-hydrogen) atoms. The van der Waals surface area contributed by atoms with Gasteiger partial charge in [0.05, 0.1) is 12.8 Å². The summed E-state index contributed by atoms with van der Waals surface area (Å²) in [5.74, 6) is 0.905. The highest BCUT2D eigenvalue weighted by Gasteiger charge is 2.17. The van der Waals surface area contributed by atoms with Gasteiger partial charge in [-0.1, -0.05) is 18.2 Å². The van der Waals surface area contributed by atoms with E-state index >= 15 is 0 Å². The normalized spacial score (nSPS) is 12.2. The van der Waals surface area contributed by atoms with Crippen LogP contribution in [0.5, 0.6) is 5.75 Å². The Hall–Kier alpha value is -2.01. The number of aromatic nitrogens is 1. The molecule has 5 heteroatoms. The molecule has 1 atom stereocenters. The standard InChI is InChI=1S/C15H21N3O2/c1-11(8-12-6-4-5-7-14(12)19-3)18(2)15-17-13(9-16)10-20-15/h4-7,10-11H,8-9,16H2,1-3H3. The Labute approximate surface area is 119 Å². The Bertz CT molecular complexity index is 554. The van der Waals surface area contributed by atoms with Crippen molar-refractivity contribution in [2.75, 3.05) is 19.1 Å². The molecule has 0 aliphatic rings. The minimum Gasteiger partial charge on any atom is -0.496 e. The van der Waals surface area contributed by atoms with Gasteiger partial charge in [0.1, 0.15) is 12.0 Å². The van der Waals surface area contributed by atoms with Crippen molar-refractivity contribution < 1.29 is 9.15 Å². The minimum absolute atomic E-state index is 0.232. The van der Waals surface area contributed by atoms with Crippen molar-refractivity contribution >= 4 is 6.01 Å².